The zero-order valence-corrected chi connectivity index (χ0v) is 9.91. The van der Waals surface area contributed by atoms with Crippen LogP contribution in [0.1, 0.15) is 16.0 Å². The number of hydrogen-bond acceptors (Lipinski definition) is 3. The zero-order chi connectivity index (χ0) is 10.8. The molecule has 0 saturated carbocycles. The van der Waals surface area contributed by atoms with Gasteiger partial charge in [-0.25, -0.2) is 0 Å². The quantitative estimate of drug-likeness (QED) is 0.788. The van der Waals surface area contributed by atoms with E-state index in [4.69, 9.17) is 0 Å². The van der Waals surface area contributed by atoms with Crippen LogP contribution in [0.4, 0.5) is 0 Å². The van der Waals surface area contributed by atoms with E-state index in [1.807, 2.05) is 29.8 Å². The van der Waals surface area contributed by atoms with E-state index >= 15 is 0 Å². The minimum Gasteiger partial charge on any atom is -0.294 e. The van der Waals surface area contributed by atoms with Crippen LogP contribution in [-0.2, 0) is 19.5 Å². The highest BCUT2D eigenvalue weighted by atomic mass is 32.1. The zero-order valence-electron chi connectivity index (χ0n) is 9.10. The Morgan fingerprint density at radius 1 is 1.38 bits per heavy atom. The molecule has 0 aliphatic carbocycles. The first-order valence-corrected chi connectivity index (χ1v) is 6.46. The molecule has 0 radical (unpaired) electrons. The van der Waals surface area contributed by atoms with Gasteiger partial charge in [-0.2, -0.15) is 0 Å². The molecule has 0 fully saturated rings. The number of aromatic nitrogens is 1. The Hall–Kier alpha value is -1.19. The Morgan fingerprint density at radius 2 is 2.38 bits per heavy atom. The van der Waals surface area contributed by atoms with Gasteiger partial charge in [0.05, 0.1) is 0 Å². The Morgan fingerprint density at radius 3 is 3.25 bits per heavy atom. The van der Waals surface area contributed by atoms with Crippen molar-refractivity contribution in [3.05, 3.63) is 52.0 Å². The lowest BCUT2D eigenvalue weighted by atomic mass is 10.1. The maximum absolute atomic E-state index is 4.16. The van der Waals surface area contributed by atoms with E-state index in [-0.39, 0.29) is 0 Å². The number of hydrogen-bond donors (Lipinski definition) is 0. The molecule has 0 aromatic carbocycles. The molecule has 0 unspecified atom stereocenters. The molecule has 3 heteroatoms. The summed E-state index contributed by atoms with van der Waals surface area (Å²) in [5.74, 6) is 0. The van der Waals surface area contributed by atoms with Gasteiger partial charge in [0.25, 0.3) is 0 Å². The summed E-state index contributed by atoms with van der Waals surface area (Å²) in [4.78, 5) is 8.22. The van der Waals surface area contributed by atoms with Gasteiger partial charge in [0.2, 0.25) is 0 Å². The third-order valence-electron chi connectivity index (χ3n) is 3.02. The maximum Gasteiger partial charge on any atom is 0.0312 e. The van der Waals surface area contributed by atoms with Crippen molar-refractivity contribution in [2.45, 2.75) is 19.5 Å². The molecule has 0 amide bonds. The SMILES string of the molecule is c1cncc(CN2CCc3sccc3C2)c1. The van der Waals surface area contributed by atoms with Crippen molar-refractivity contribution >= 4 is 11.3 Å². The summed E-state index contributed by atoms with van der Waals surface area (Å²) in [7, 11) is 0. The van der Waals surface area contributed by atoms with E-state index in [0.29, 0.717) is 0 Å². The average Bonchev–Trinajstić information content (AvgIpc) is 2.77. The lowest BCUT2D eigenvalue weighted by Gasteiger charge is -2.26. The lowest BCUT2D eigenvalue weighted by molar-refractivity contribution is 0.247. The third kappa shape index (κ3) is 2.01. The molecule has 16 heavy (non-hydrogen) atoms. The molecule has 0 atom stereocenters. The Bertz CT molecular complexity index is 464. The van der Waals surface area contributed by atoms with E-state index in [1.54, 1.807) is 4.88 Å². The fourth-order valence-corrected chi connectivity index (χ4v) is 3.08. The van der Waals surface area contributed by atoms with Gasteiger partial charge in [-0.3, -0.25) is 9.88 Å². The average molecular weight is 230 g/mol. The number of nitrogens with zero attached hydrogens (tertiary/aromatic N) is 2. The normalized spacial score (nSPS) is 16.0. The van der Waals surface area contributed by atoms with Crippen molar-refractivity contribution in [3.8, 4) is 0 Å². The molecule has 2 aromatic rings. The number of fused-ring (bicyclic) bond motifs is 1. The van der Waals surface area contributed by atoms with Gasteiger partial charge in [-0.15, -0.1) is 11.3 Å². The highest BCUT2D eigenvalue weighted by Crippen LogP contribution is 2.24. The second-order valence-corrected chi connectivity index (χ2v) is 5.19. The summed E-state index contributed by atoms with van der Waals surface area (Å²) in [5, 5.41) is 2.21. The molecule has 0 N–H and O–H groups in total. The fraction of sp³-hybridized carbons (Fsp3) is 0.308. The van der Waals surface area contributed by atoms with Crippen molar-refractivity contribution < 1.29 is 0 Å². The predicted octanol–water partition coefficient (Wildman–Crippen LogP) is 2.70. The second kappa shape index (κ2) is 4.36. The van der Waals surface area contributed by atoms with Gasteiger partial charge in [0, 0.05) is 36.9 Å². The first-order chi connectivity index (χ1) is 7.92. The van der Waals surface area contributed by atoms with Crippen LogP contribution in [0.3, 0.4) is 0 Å². The van der Waals surface area contributed by atoms with Crippen LogP contribution in [0.15, 0.2) is 36.0 Å². The molecule has 2 nitrogen and oxygen atoms in total. The van der Waals surface area contributed by atoms with Crippen LogP contribution in [0, 0.1) is 0 Å². The van der Waals surface area contributed by atoms with Crippen molar-refractivity contribution in [2.24, 2.45) is 0 Å². The van der Waals surface area contributed by atoms with Crippen LogP contribution in [0.25, 0.3) is 0 Å². The molecular weight excluding hydrogens is 216 g/mol. The van der Waals surface area contributed by atoms with E-state index in [0.717, 1.165) is 13.1 Å². The highest BCUT2D eigenvalue weighted by molar-refractivity contribution is 7.10. The third-order valence-corrected chi connectivity index (χ3v) is 4.04. The molecule has 0 spiro atoms. The van der Waals surface area contributed by atoms with Crippen molar-refractivity contribution in [3.63, 3.8) is 0 Å². The number of pyridine rings is 1. The first-order valence-electron chi connectivity index (χ1n) is 5.58. The van der Waals surface area contributed by atoms with Crippen molar-refractivity contribution in [2.75, 3.05) is 6.54 Å². The Labute approximate surface area is 99.6 Å². The summed E-state index contributed by atoms with van der Waals surface area (Å²) in [6, 6.07) is 6.42. The van der Waals surface area contributed by atoms with Gasteiger partial charge in [0.1, 0.15) is 0 Å². The summed E-state index contributed by atoms with van der Waals surface area (Å²) in [6.45, 7) is 3.28. The van der Waals surface area contributed by atoms with E-state index < -0.39 is 0 Å². The van der Waals surface area contributed by atoms with Gasteiger partial charge in [0.15, 0.2) is 0 Å². The standard InChI is InChI=1S/C13H14N2S/c1-2-11(8-14-5-1)9-15-6-3-13-12(10-15)4-7-16-13/h1-2,4-5,7-8H,3,6,9-10H2. The predicted molar refractivity (Wildman–Crippen MR) is 66.4 cm³/mol. The van der Waals surface area contributed by atoms with Crippen molar-refractivity contribution in [1.82, 2.24) is 9.88 Å². The highest BCUT2D eigenvalue weighted by Gasteiger charge is 2.16. The van der Waals surface area contributed by atoms with Crippen LogP contribution < -0.4 is 0 Å². The van der Waals surface area contributed by atoms with Crippen LogP contribution in [-0.4, -0.2) is 16.4 Å². The van der Waals surface area contributed by atoms with Gasteiger partial charge in [-0.1, -0.05) is 6.07 Å². The van der Waals surface area contributed by atoms with Crippen LogP contribution >= 0.6 is 11.3 Å². The molecule has 3 rings (SSSR count). The number of rotatable bonds is 2. The largest absolute Gasteiger partial charge is 0.294 e. The first kappa shape index (κ1) is 10.00. The molecule has 82 valence electrons. The Kier molecular flexibility index (Phi) is 2.72. The topological polar surface area (TPSA) is 16.1 Å². The van der Waals surface area contributed by atoms with Gasteiger partial charge < -0.3 is 0 Å². The van der Waals surface area contributed by atoms with Gasteiger partial charge >= 0.3 is 0 Å². The molecule has 0 bridgehead atoms. The van der Waals surface area contributed by atoms with E-state index in [2.05, 4.69) is 27.4 Å². The minimum absolute atomic E-state index is 1.02. The Balaban J connectivity index is 1.71. The summed E-state index contributed by atoms with van der Waals surface area (Å²) in [6.07, 6.45) is 4.99. The van der Waals surface area contributed by atoms with Gasteiger partial charge in [-0.05, 0) is 35.1 Å². The summed E-state index contributed by atoms with van der Waals surface area (Å²) in [5.41, 5.74) is 2.82. The van der Waals surface area contributed by atoms with Crippen molar-refractivity contribution in [1.29, 1.82) is 0 Å². The smallest absolute Gasteiger partial charge is 0.0312 e. The fourth-order valence-electron chi connectivity index (χ4n) is 2.19. The molecule has 2 aromatic heterocycles. The molecule has 1 aliphatic rings. The monoisotopic (exact) mass is 230 g/mol. The minimum atomic E-state index is 1.02. The molecule has 0 saturated heterocycles. The van der Waals surface area contributed by atoms with E-state index in [1.165, 1.54) is 24.1 Å². The molecule has 3 heterocycles. The molecule has 1 aliphatic heterocycles. The van der Waals surface area contributed by atoms with Crippen LogP contribution in [0.5, 0.6) is 0 Å². The molecular formula is C13H14N2S. The maximum atomic E-state index is 4.16. The van der Waals surface area contributed by atoms with Crippen LogP contribution in [0.2, 0.25) is 0 Å². The van der Waals surface area contributed by atoms with E-state index in [9.17, 15) is 0 Å². The lowest BCUT2D eigenvalue weighted by Crippen LogP contribution is -2.29. The second-order valence-electron chi connectivity index (χ2n) is 4.19. The summed E-state index contributed by atoms with van der Waals surface area (Å²) < 4.78 is 0. The summed E-state index contributed by atoms with van der Waals surface area (Å²) >= 11 is 1.89. The number of thiophene rings is 1.